The van der Waals surface area contributed by atoms with Gasteiger partial charge in [0.05, 0.1) is 5.56 Å². The number of fused-ring (bicyclic) bond motifs is 1. The molecule has 30 heavy (non-hydrogen) atoms. The largest absolute Gasteiger partial charge is 0.490 e. The van der Waals surface area contributed by atoms with Crippen LogP contribution in [0.3, 0.4) is 0 Å². The quantitative estimate of drug-likeness (QED) is 0.254. The van der Waals surface area contributed by atoms with Gasteiger partial charge in [0.2, 0.25) is 0 Å². The maximum atomic E-state index is 14.6. The van der Waals surface area contributed by atoms with Crippen molar-refractivity contribution in [2.45, 2.75) is 38.7 Å². The van der Waals surface area contributed by atoms with E-state index in [4.69, 9.17) is 9.47 Å². The molecule has 0 unspecified atom stereocenters. The van der Waals surface area contributed by atoms with Gasteiger partial charge in [-0.2, -0.15) is 8.78 Å². The molecule has 0 radical (unpaired) electrons. The average Bonchev–Trinajstić information content (AvgIpc) is 2.73. The predicted molar refractivity (Wildman–Crippen MR) is 114 cm³/mol. The molecule has 0 aliphatic heterocycles. The number of benzene rings is 3. The molecule has 0 bridgehead atoms. The molecule has 0 amide bonds. The van der Waals surface area contributed by atoms with E-state index in [-0.39, 0.29) is 17.1 Å². The molecular weight excluding hydrogens is 389 g/mol. The third-order valence-corrected chi connectivity index (χ3v) is 4.83. The first-order valence-electron chi connectivity index (χ1n) is 10.1. The van der Waals surface area contributed by atoms with Crippen LogP contribution in [0, 0.1) is 5.82 Å². The van der Waals surface area contributed by atoms with Crippen molar-refractivity contribution in [3.05, 3.63) is 84.2 Å². The van der Waals surface area contributed by atoms with E-state index in [1.807, 2.05) is 0 Å². The summed E-state index contributed by atoms with van der Waals surface area (Å²) >= 11 is 0. The van der Waals surface area contributed by atoms with Crippen molar-refractivity contribution in [3.63, 3.8) is 0 Å². The van der Waals surface area contributed by atoms with E-state index in [2.05, 4.69) is 13.5 Å². The Bertz CT molecular complexity index is 997. The molecule has 3 aromatic rings. The summed E-state index contributed by atoms with van der Waals surface area (Å²) in [5, 5.41) is 1.32. The van der Waals surface area contributed by atoms with Crippen molar-refractivity contribution in [1.29, 1.82) is 0 Å². The molecule has 0 spiro atoms. The molecule has 0 atom stereocenters. The molecular formula is C25H25F3O2. The molecule has 0 aromatic heterocycles. The normalized spacial score (nSPS) is 11.5. The Labute approximate surface area is 174 Å². The maximum Gasteiger partial charge on any atom is 0.426 e. The molecule has 0 N–H and O–H groups in total. The fraction of sp³-hybridized carbons (Fsp3) is 0.280. The van der Waals surface area contributed by atoms with Crippen LogP contribution in [0.15, 0.2) is 67.3 Å². The number of aryl methyl sites for hydroxylation is 1. The molecule has 0 heterocycles. The zero-order valence-corrected chi connectivity index (χ0v) is 17.0. The second-order valence-corrected chi connectivity index (χ2v) is 7.15. The lowest BCUT2D eigenvalue weighted by Gasteiger charge is -2.19. The Hall–Kier alpha value is -2.95. The van der Waals surface area contributed by atoms with Crippen molar-refractivity contribution in [1.82, 2.24) is 0 Å². The summed E-state index contributed by atoms with van der Waals surface area (Å²) in [6.45, 7) is 5.93. The summed E-state index contributed by atoms with van der Waals surface area (Å²) in [7, 11) is 0. The fourth-order valence-corrected chi connectivity index (χ4v) is 3.22. The van der Waals surface area contributed by atoms with Gasteiger partial charge in [-0.1, -0.05) is 38.5 Å². The lowest BCUT2D eigenvalue weighted by molar-refractivity contribution is -0.185. The van der Waals surface area contributed by atoms with E-state index >= 15 is 0 Å². The van der Waals surface area contributed by atoms with Crippen molar-refractivity contribution < 1.29 is 22.6 Å². The molecule has 2 nitrogen and oxygen atoms in total. The van der Waals surface area contributed by atoms with Crippen LogP contribution in [0.5, 0.6) is 11.5 Å². The average molecular weight is 414 g/mol. The Morgan fingerprint density at radius 2 is 1.67 bits per heavy atom. The van der Waals surface area contributed by atoms with Crippen LogP contribution >= 0.6 is 0 Å². The third kappa shape index (κ3) is 5.35. The molecule has 3 aromatic carbocycles. The lowest BCUT2D eigenvalue weighted by atomic mass is 10.0. The van der Waals surface area contributed by atoms with Gasteiger partial charge >= 0.3 is 6.11 Å². The van der Waals surface area contributed by atoms with E-state index < -0.39 is 6.11 Å². The van der Waals surface area contributed by atoms with Gasteiger partial charge in [0.1, 0.15) is 23.9 Å². The second-order valence-electron chi connectivity index (χ2n) is 7.15. The Kier molecular flexibility index (Phi) is 7.03. The Morgan fingerprint density at radius 1 is 0.933 bits per heavy atom. The van der Waals surface area contributed by atoms with Crippen LogP contribution < -0.4 is 9.47 Å². The first-order chi connectivity index (χ1) is 14.4. The van der Waals surface area contributed by atoms with Crippen LogP contribution in [0.25, 0.3) is 10.8 Å². The summed E-state index contributed by atoms with van der Waals surface area (Å²) in [6.07, 6.45) is 1.73. The number of halogens is 3. The van der Waals surface area contributed by atoms with Gasteiger partial charge in [-0.15, -0.1) is 0 Å². The van der Waals surface area contributed by atoms with Crippen LogP contribution in [0.1, 0.15) is 37.3 Å². The minimum absolute atomic E-state index is 0.0300. The monoisotopic (exact) mass is 414 g/mol. The number of rotatable bonds is 10. The molecule has 0 aliphatic carbocycles. The zero-order valence-electron chi connectivity index (χ0n) is 17.0. The van der Waals surface area contributed by atoms with Crippen LogP contribution in [0.4, 0.5) is 13.2 Å². The van der Waals surface area contributed by atoms with Crippen molar-refractivity contribution in [3.8, 4) is 11.5 Å². The van der Waals surface area contributed by atoms with Gasteiger partial charge < -0.3 is 9.47 Å². The Balaban J connectivity index is 1.77. The molecule has 0 fully saturated rings. The summed E-state index contributed by atoms with van der Waals surface area (Å²) in [5.74, 6) is 0.112. The topological polar surface area (TPSA) is 18.5 Å². The highest BCUT2D eigenvalue weighted by atomic mass is 19.3. The first-order valence-corrected chi connectivity index (χ1v) is 10.1. The fourth-order valence-electron chi connectivity index (χ4n) is 3.22. The van der Waals surface area contributed by atoms with Gasteiger partial charge in [0.25, 0.3) is 0 Å². The molecule has 0 aliphatic rings. The van der Waals surface area contributed by atoms with Crippen molar-refractivity contribution >= 4 is 10.8 Å². The third-order valence-electron chi connectivity index (χ3n) is 4.83. The van der Waals surface area contributed by atoms with Crippen LogP contribution in [0.2, 0.25) is 0 Å². The number of ether oxygens (including phenoxy) is 2. The van der Waals surface area contributed by atoms with E-state index in [0.717, 1.165) is 24.6 Å². The zero-order chi connectivity index (χ0) is 21.6. The molecule has 5 heteroatoms. The summed E-state index contributed by atoms with van der Waals surface area (Å²) in [5.41, 5.74) is 0.347. The van der Waals surface area contributed by atoms with Gasteiger partial charge in [0, 0.05) is 0 Å². The van der Waals surface area contributed by atoms with E-state index in [1.165, 1.54) is 42.5 Å². The van der Waals surface area contributed by atoms with Gasteiger partial charge in [0.15, 0.2) is 0 Å². The number of hydrogen-bond donors (Lipinski definition) is 0. The minimum Gasteiger partial charge on any atom is -0.490 e. The summed E-state index contributed by atoms with van der Waals surface area (Å²) < 4.78 is 53.8. The molecule has 158 valence electrons. The maximum absolute atomic E-state index is 14.6. The summed E-state index contributed by atoms with van der Waals surface area (Å²) in [6, 6.07) is 13.2. The minimum atomic E-state index is -3.54. The smallest absolute Gasteiger partial charge is 0.426 e. The molecule has 0 saturated carbocycles. The van der Waals surface area contributed by atoms with E-state index in [1.54, 1.807) is 18.2 Å². The van der Waals surface area contributed by atoms with Crippen LogP contribution in [-0.2, 0) is 12.5 Å². The molecule has 0 saturated heterocycles. The number of hydrogen-bond acceptors (Lipinski definition) is 2. The first kappa shape index (κ1) is 21.8. The Morgan fingerprint density at radius 3 is 2.37 bits per heavy atom. The highest BCUT2D eigenvalue weighted by molar-refractivity contribution is 5.84. The van der Waals surface area contributed by atoms with Gasteiger partial charge in [-0.25, -0.2) is 4.39 Å². The highest BCUT2D eigenvalue weighted by Gasteiger charge is 2.34. The van der Waals surface area contributed by atoms with Gasteiger partial charge in [-0.3, -0.25) is 0 Å². The van der Waals surface area contributed by atoms with Crippen molar-refractivity contribution in [2.75, 3.05) is 6.61 Å². The number of alkyl halides is 2. The van der Waals surface area contributed by atoms with Crippen LogP contribution in [-0.4, -0.2) is 6.61 Å². The molecule has 3 rings (SSSR count). The van der Waals surface area contributed by atoms with Crippen molar-refractivity contribution in [2.24, 2.45) is 0 Å². The SMILES string of the molecule is C=CCOc1ccc(C(F)(F)Oc2ccc3cc(CCCCC)c(F)cc3c2)cc1. The van der Waals surface area contributed by atoms with Gasteiger partial charge in [-0.05, 0) is 77.7 Å². The summed E-state index contributed by atoms with van der Waals surface area (Å²) in [4.78, 5) is 0. The second kappa shape index (κ2) is 9.70. The standard InChI is InChI=1S/C25H25F3O2/c1-3-5-6-7-19-15-18-8-11-23(16-20(18)17-24(19)26)30-25(27,28)21-9-12-22(13-10-21)29-14-4-2/h4,8-13,15-17H,2-3,5-7,14H2,1H3. The highest BCUT2D eigenvalue weighted by Crippen LogP contribution is 2.34. The number of unbranched alkanes of at least 4 members (excludes halogenated alkanes) is 2. The predicted octanol–water partition coefficient (Wildman–Crippen LogP) is 7.40. The van der Waals surface area contributed by atoms with E-state index in [0.29, 0.717) is 29.7 Å². The lowest BCUT2D eigenvalue weighted by Crippen LogP contribution is -2.21. The van der Waals surface area contributed by atoms with E-state index in [9.17, 15) is 13.2 Å².